The molecule has 2 aromatic heterocycles. The molecule has 2 unspecified atom stereocenters. The van der Waals surface area contributed by atoms with E-state index < -0.39 is 0 Å². The van der Waals surface area contributed by atoms with E-state index in [0.717, 1.165) is 30.4 Å². The van der Waals surface area contributed by atoms with Crippen molar-refractivity contribution >= 4 is 5.91 Å². The molecule has 1 amide bonds. The van der Waals surface area contributed by atoms with Crippen LogP contribution in [0.25, 0.3) is 11.1 Å². The number of nitrogens with zero attached hydrogens (tertiary/aromatic N) is 4. The maximum atomic E-state index is 12.9. The van der Waals surface area contributed by atoms with Gasteiger partial charge in [0.15, 0.2) is 0 Å². The van der Waals surface area contributed by atoms with Crippen molar-refractivity contribution in [3.8, 4) is 11.1 Å². The lowest BCUT2D eigenvalue weighted by Crippen LogP contribution is -2.35. The minimum absolute atomic E-state index is 0.0450. The van der Waals surface area contributed by atoms with Crippen LogP contribution in [0.3, 0.4) is 0 Å². The van der Waals surface area contributed by atoms with E-state index in [1.807, 2.05) is 48.3 Å². The third kappa shape index (κ3) is 3.60. The zero-order valence-electron chi connectivity index (χ0n) is 15.5. The van der Waals surface area contributed by atoms with Gasteiger partial charge in [-0.25, -0.2) is 0 Å². The van der Waals surface area contributed by atoms with Gasteiger partial charge in [0.05, 0.1) is 0 Å². The Balaban J connectivity index is 1.43. The van der Waals surface area contributed by atoms with Gasteiger partial charge in [-0.05, 0) is 54.7 Å². The summed E-state index contributed by atoms with van der Waals surface area (Å²) in [6.45, 7) is 1.80. The molecular weight excluding hydrogens is 340 g/mol. The fourth-order valence-electron chi connectivity index (χ4n) is 3.73. The molecule has 1 aromatic carbocycles. The van der Waals surface area contributed by atoms with E-state index in [-0.39, 0.29) is 17.9 Å². The molecule has 27 heavy (non-hydrogen) atoms. The molecule has 1 aliphatic rings. The highest BCUT2D eigenvalue weighted by Crippen LogP contribution is 2.36. The van der Waals surface area contributed by atoms with Crippen LogP contribution in [0.4, 0.5) is 0 Å². The number of amides is 1. The standard InChI is InChI=1S/C21H22N4O2/c1-14-23-24-20(27-14)18-7-8-19(13-18)25(2)21(26)17-5-3-15(4-6-17)16-9-11-22-12-10-16/h3-6,9-12,18-19H,7-8,13H2,1-2H3. The Morgan fingerprint density at radius 2 is 1.74 bits per heavy atom. The summed E-state index contributed by atoms with van der Waals surface area (Å²) in [6, 6.07) is 11.9. The van der Waals surface area contributed by atoms with Crippen LogP contribution in [-0.2, 0) is 0 Å². The largest absolute Gasteiger partial charge is 0.425 e. The van der Waals surface area contributed by atoms with Gasteiger partial charge in [0.1, 0.15) is 0 Å². The summed E-state index contributed by atoms with van der Waals surface area (Å²) in [4.78, 5) is 18.8. The smallest absolute Gasteiger partial charge is 0.253 e. The molecule has 6 nitrogen and oxygen atoms in total. The van der Waals surface area contributed by atoms with Crippen molar-refractivity contribution in [2.24, 2.45) is 0 Å². The van der Waals surface area contributed by atoms with E-state index in [1.165, 1.54) is 0 Å². The Kier molecular flexibility index (Phi) is 4.71. The summed E-state index contributed by atoms with van der Waals surface area (Å²) in [6.07, 6.45) is 6.31. The minimum atomic E-state index is 0.0450. The fourth-order valence-corrected chi connectivity index (χ4v) is 3.73. The average Bonchev–Trinajstić information content (AvgIpc) is 3.37. The zero-order valence-corrected chi connectivity index (χ0v) is 15.5. The Morgan fingerprint density at radius 1 is 1.04 bits per heavy atom. The molecule has 0 aliphatic heterocycles. The van der Waals surface area contributed by atoms with Crippen molar-refractivity contribution in [1.82, 2.24) is 20.1 Å². The number of pyridine rings is 1. The highest BCUT2D eigenvalue weighted by molar-refractivity contribution is 5.94. The van der Waals surface area contributed by atoms with Crippen molar-refractivity contribution in [3.05, 3.63) is 66.1 Å². The normalized spacial score (nSPS) is 19.2. The maximum Gasteiger partial charge on any atom is 0.253 e. The number of aryl methyl sites for hydroxylation is 1. The number of carbonyl (C=O) groups is 1. The molecule has 3 aromatic rings. The predicted molar refractivity (Wildman–Crippen MR) is 101 cm³/mol. The molecular formula is C21H22N4O2. The van der Waals surface area contributed by atoms with Crippen molar-refractivity contribution in [2.75, 3.05) is 7.05 Å². The molecule has 138 valence electrons. The summed E-state index contributed by atoms with van der Waals surface area (Å²) in [5.74, 6) is 1.56. The lowest BCUT2D eigenvalue weighted by atomic mass is 10.0. The van der Waals surface area contributed by atoms with Gasteiger partial charge in [0.2, 0.25) is 11.8 Å². The van der Waals surface area contributed by atoms with Crippen molar-refractivity contribution in [1.29, 1.82) is 0 Å². The van der Waals surface area contributed by atoms with E-state index in [1.54, 1.807) is 19.3 Å². The van der Waals surface area contributed by atoms with Gasteiger partial charge >= 0.3 is 0 Å². The quantitative estimate of drug-likeness (QED) is 0.705. The second-order valence-corrected chi connectivity index (χ2v) is 7.05. The molecule has 2 atom stereocenters. The number of hydrogen-bond donors (Lipinski definition) is 0. The van der Waals surface area contributed by atoms with Crippen LogP contribution in [0.2, 0.25) is 0 Å². The third-order valence-corrected chi connectivity index (χ3v) is 5.31. The first-order valence-corrected chi connectivity index (χ1v) is 9.19. The summed E-state index contributed by atoms with van der Waals surface area (Å²) in [5, 5.41) is 8.05. The first-order chi connectivity index (χ1) is 13.1. The Labute approximate surface area is 158 Å². The Bertz CT molecular complexity index is 921. The van der Waals surface area contributed by atoms with Crippen molar-refractivity contribution < 1.29 is 9.21 Å². The fraction of sp³-hybridized carbons (Fsp3) is 0.333. The molecule has 1 aliphatic carbocycles. The summed E-state index contributed by atoms with van der Waals surface area (Å²) in [7, 11) is 1.88. The van der Waals surface area contributed by atoms with Gasteiger partial charge < -0.3 is 9.32 Å². The molecule has 0 radical (unpaired) electrons. The monoisotopic (exact) mass is 362 g/mol. The van der Waals surface area contributed by atoms with Crippen LogP contribution in [0.5, 0.6) is 0 Å². The lowest BCUT2D eigenvalue weighted by Gasteiger charge is -2.24. The zero-order chi connectivity index (χ0) is 18.8. The number of rotatable bonds is 4. The minimum Gasteiger partial charge on any atom is -0.425 e. The highest BCUT2D eigenvalue weighted by atomic mass is 16.4. The van der Waals surface area contributed by atoms with Gasteiger partial charge in [-0.3, -0.25) is 9.78 Å². The molecule has 1 saturated carbocycles. The molecule has 4 rings (SSSR count). The summed E-state index contributed by atoms with van der Waals surface area (Å²) < 4.78 is 5.57. The molecule has 0 spiro atoms. The van der Waals surface area contributed by atoms with Crippen LogP contribution >= 0.6 is 0 Å². The number of benzene rings is 1. The summed E-state index contributed by atoms with van der Waals surface area (Å²) >= 11 is 0. The number of aromatic nitrogens is 3. The van der Waals surface area contributed by atoms with E-state index in [0.29, 0.717) is 17.3 Å². The number of carbonyl (C=O) groups excluding carboxylic acids is 1. The van der Waals surface area contributed by atoms with Crippen LogP contribution in [0, 0.1) is 6.92 Å². The number of hydrogen-bond acceptors (Lipinski definition) is 5. The van der Waals surface area contributed by atoms with Gasteiger partial charge in [-0.15, -0.1) is 10.2 Å². The Morgan fingerprint density at radius 3 is 2.41 bits per heavy atom. The van der Waals surface area contributed by atoms with Crippen molar-refractivity contribution in [2.45, 2.75) is 38.1 Å². The second kappa shape index (κ2) is 7.31. The van der Waals surface area contributed by atoms with Gasteiger partial charge in [0.25, 0.3) is 5.91 Å². The van der Waals surface area contributed by atoms with Crippen LogP contribution in [-0.4, -0.2) is 39.1 Å². The topological polar surface area (TPSA) is 72.1 Å². The predicted octanol–water partition coefficient (Wildman–Crippen LogP) is 3.85. The van der Waals surface area contributed by atoms with E-state index in [9.17, 15) is 4.79 Å². The lowest BCUT2D eigenvalue weighted by molar-refractivity contribution is 0.0733. The maximum absolute atomic E-state index is 12.9. The first-order valence-electron chi connectivity index (χ1n) is 9.19. The van der Waals surface area contributed by atoms with Crippen LogP contribution in [0.1, 0.15) is 47.3 Å². The summed E-state index contributed by atoms with van der Waals surface area (Å²) in [5.41, 5.74) is 2.86. The molecule has 0 bridgehead atoms. The van der Waals surface area contributed by atoms with Crippen LogP contribution in [0.15, 0.2) is 53.2 Å². The second-order valence-electron chi connectivity index (χ2n) is 7.05. The first kappa shape index (κ1) is 17.4. The Hall–Kier alpha value is -3.02. The molecule has 6 heteroatoms. The average molecular weight is 362 g/mol. The molecule has 2 heterocycles. The molecule has 0 saturated heterocycles. The SMILES string of the molecule is Cc1nnc(C2CCC(N(C)C(=O)c3ccc(-c4ccncc4)cc3)C2)o1. The van der Waals surface area contributed by atoms with Gasteiger partial charge in [-0.2, -0.15) is 0 Å². The van der Waals surface area contributed by atoms with E-state index in [4.69, 9.17) is 4.42 Å². The molecule has 1 fully saturated rings. The van der Waals surface area contributed by atoms with Crippen LogP contribution < -0.4 is 0 Å². The van der Waals surface area contributed by atoms with Crippen molar-refractivity contribution in [3.63, 3.8) is 0 Å². The van der Waals surface area contributed by atoms with E-state index >= 15 is 0 Å². The van der Waals surface area contributed by atoms with Gasteiger partial charge in [0, 0.05) is 43.9 Å². The third-order valence-electron chi connectivity index (χ3n) is 5.31. The molecule has 0 N–H and O–H groups in total. The van der Waals surface area contributed by atoms with E-state index in [2.05, 4.69) is 15.2 Å². The van der Waals surface area contributed by atoms with Gasteiger partial charge in [-0.1, -0.05) is 12.1 Å². The highest BCUT2D eigenvalue weighted by Gasteiger charge is 2.33.